The van der Waals surface area contributed by atoms with Crippen molar-refractivity contribution in [2.75, 3.05) is 10.8 Å². The molecule has 0 aromatic heterocycles. The standard InChI is InChI=1S/C18H17FN2O3S/c1-11-12-6-2-4-8-14(12)21(15-10-20-18(22)17(11)15)25(23,24)16-9-5-3-7-13(16)19/h2-9,11,15,17H,10H2,1H3,(H,20,22)/t11-,15-,17-/m1/s1. The molecule has 25 heavy (non-hydrogen) atoms. The third kappa shape index (κ3) is 2.26. The van der Waals surface area contributed by atoms with Gasteiger partial charge in [-0.1, -0.05) is 37.3 Å². The molecule has 0 saturated carbocycles. The largest absolute Gasteiger partial charge is 0.354 e. The Morgan fingerprint density at radius 3 is 2.56 bits per heavy atom. The summed E-state index contributed by atoms with van der Waals surface area (Å²) in [4.78, 5) is 11.9. The predicted molar refractivity (Wildman–Crippen MR) is 91.2 cm³/mol. The van der Waals surface area contributed by atoms with Crippen LogP contribution in [0, 0.1) is 11.7 Å². The summed E-state index contributed by atoms with van der Waals surface area (Å²) in [6.45, 7) is 2.14. The van der Waals surface area contributed by atoms with E-state index >= 15 is 0 Å². The number of benzene rings is 2. The van der Waals surface area contributed by atoms with E-state index in [9.17, 15) is 17.6 Å². The molecular weight excluding hydrogens is 343 g/mol. The molecule has 2 aliphatic rings. The highest BCUT2D eigenvalue weighted by molar-refractivity contribution is 7.92. The lowest BCUT2D eigenvalue weighted by Gasteiger charge is -2.41. The second-order valence-corrected chi connectivity index (χ2v) is 8.20. The SMILES string of the molecule is C[C@@H]1c2ccccc2N(S(=O)(=O)c2ccccc2F)[C@@H]2CNC(=O)[C@H]12. The number of amides is 1. The van der Waals surface area contributed by atoms with Crippen LogP contribution in [0.2, 0.25) is 0 Å². The zero-order valence-corrected chi connectivity index (χ0v) is 14.3. The topological polar surface area (TPSA) is 66.5 Å². The summed E-state index contributed by atoms with van der Waals surface area (Å²) >= 11 is 0. The molecule has 4 rings (SSSR count). The molecule has 3 atom stereocenters. The molecule has 0 bridgehead atoms. The number of fused-ring (bicyclic) bond motifs is 2. The van der Waals surface area contributed by atoms with Crippen molar-refractivity contribution in [3.63, 3.8) is 0 Å². The Kier molecular flexibility index (Phi) is 3.57. The minimum Gasteiger partial charge on any atom is -0.354 e. The number of nitrogens with one attached hydrogen (secondary N) is 1. The lowest BCUT2D eigenvalue weighted by molar-refractivity contribution is -0.123. The Morgan fingerprint density at radius 2 is 1.80 bits per heavy atom. The number of nitrogens with zero attached hydrogens (tertiary/aromatic N) is 1. The van der Waals surface area contributed by atoms with E-state index in [4.69, 9.17) is 0 Å². The van der Waals surface area contributed by atoms with Gasteiger partial charge in [0.2, 0.25) is 5.91 Å². The highest BCUT2D eigenvalue weighted by Gasteiger charge is 2.51. The molecule has 1 saturated heterocycles. The van der Waals surface area contributed by atoms with Crippen LogP contribution in [0.25, 0.3) is 0 Å². The highest BCUT2D eigenvalue weighted by atomic mass is 32.2. The maximum absolute atomic E-state index is 14.2. The number of halogens is 1. The number of hydrogen-bond donors (Lipinski definition) is 1. The first-order valence-electron chi connectivity index (χ1n) is 8.08. The fourth-order valence-electron chi connectivity index (χ4n) is 3.93. The van der Waals surface area contributed by atoms with Crippen LogP contribution in [0.3, 0.4) is 0 Å². The average molecular weight is 360 g/mol. The Labute approximate surface area is 145 Å². The molecule has 130 valence electrons. The van der Waals surface area contributed by atoms with Gasteiger partial charge in [-0.25, -0.2) is 12.8 Å². The van der Waals surface area contributed by atoms with Crippen LogP contribution in [0.4, 0.5) is 10.1 Å². The van der Waals surface area contributed by atoms with E-state index in [0.29, 0.717) is 5.69 Å². The van der Waals surface area contributed by atoms with Crippen LogP contribution in [-0.2, 0) is 14.8 Å². The molecule has 7 heteroatoms. The predicted octanol–water partition coefficient (Wildman–Crippen LogP) is 2.25. The molecule has 0 spiro atoms. The van der Waals surface area contributed by atoms with Crippen molar-refractivity contribution < 1.29 is 17.6 Å². The third-order valence-corrected chi connectivity index (χ3v) is 6.95. The van der Waals surface area contributed by atoms with Crippen molar-refractivity contribution in [2.45, 2.75) is 23.8 Å². The van der Waals surface area contributed by atoms with Gasteiger partial charge in [0.25, 0.3) is 10.0 Å². The third-order valence-electron chi connectivity index (χ3n) is 5.08. The number of rotatable bonds is 2. The van der Waals surface area contributed by atoms with Gasteiger partial charge >= 0.3 is 0 Å². The van der Waals surface area contributed by atoms with Crippen molar-refractivity contribution in [3.05, 3.63) is 59.9 Å². The van der Waals surface area contributed by atoms with E-state index in [1.165, 1.54) is 22.5 Å². The minimum atomic E-state index is -4.14. The first-order valence-corrected chi connectivity index (χ1v) is 9.52. The van der Waals surface area contributed by atoms with E-state index in [1.54, 1.807) is 12.1 Å². The molecule has 2 aromatic carbocycles. The lowest BCUT2D eigenvalue weighted by Crippen LogP contribution is -2.50. The fourth-order valence-corrected chi connectivity index (χ4v) is 5.69. The summed E-state index contributed by atoms with van der Waals surface area (Å²) in [5, 5.41) is 2.76. The summed E-state index contributed by atoms with van der Waals surface area (Å²) in [6.07, 6.45) is 0. The van der Waals surface area contributed by atoms with E-state index in [-0.39, 0.29) is 23.3 Å². The monoisotopic (exact) mass is 360 g/mol. The average Bonchev–Trinajstić information content (AvgIpc) is 2.97. The van der Waals surface area contributed by atoms with Crippen LogP contribution in [-0.4, -0.2) is 26.9 Å². The Hall–Kier alpha value is -2.41. The van der Waals surface area contributed by atoms with Crippen molar-refractivity contribution >= 4 is 21.6 Å². The van der Waals surface area contributed by atoms with E-state index in [0.717, 1.165) is 11.6 Å². The molecule has 2 aliphatic heterocycles. The molecule has 1 amide bonds. The Balaban J connectivity index is 1.95. The van der Waals surface area contributed by atoms with Crippen LogP contribution < -0.4 is 9.62 Å². The number of carbonyl (C=O) groups excluding carboxylic acids is 1. The molecule has 0 aliphatic carbocycles. The van der Waals surface area contributed by atoms with E-state index < -0.39 is 27.8 Å². The van der Waals surface area contributed by atoms with E-state index in [2.05, 4.69) is 5.32 Å². The number of carbonyl (C=O) groups is 1. The molecule has 0 unspecified atom stereocenters. The highest BCUT2D eigenvalue weighted by Crippen LogP contribution is 2.46. The summed E-state index contributed by atoms with van der Waals surface area (Å²) in [6, 6.07) is 11.9. The van der Waals surface area contributed by atoms with Crippen LogP contribution >= 0.6 is 0 Å². The summed E-state index contributed by atoms with van der Waals surface area (Å²) in [5.41, 5.74) is 1.29. The van der Waals surface area contributed by atoms with Gasteiger partial charge in [-0.05, 0) is 29.7 Å². The molecule has 0 radical (unpaired) electrons. The second-order valence-electron chi connectivity index (χ2n) is 6.42. The first-order chi connectivity index (χ1) is 11.9. The van der Waals surface area contributed by atoms with Gasteiger partial charge in [0, 0.05) is 6.54 Å². The lowest BCUT2D eigenvalue weighted by atomic mass is 9.80. The number of sulfonamides is 1. The van der Waals surface area contributed by atoms with Crippen molar-refractivity contribution in [2.24, 2.45) is 5.92 Å². The zero-order valence-electron chi connectivity index (χ0n) is 13.5. The van der Waals surface area contributed by atoms with Gasteiger partial charge in [0.05, 0.1) is 17.6 Å². The maximum Gasteiger partial charge on any atom is 0.267 e. The van der Waals surface area contributed by atoms with Gasteiger partial charge in [0.1, 0.15) is 10.7 Å². The van der Waals surface area contributed by atoms with Gasteiger partial charge < -0.3 is 5.32 Å². The summed E-state index contributed by atoms with van der Waals surface area (Å²) in [5.74, 6) is -1.57. The van der Waals surface area contributed by atoms with Gasteiger partial charge in [-0.2, -0.15) is 0 Å². The molecule has 2 heterocycles. The first kappa shape index (κ1) is 16.1. The van der Waals surface area contributed by atoms with Gasteiger partial charge in [-0.15, -0.1) is 0 Å². The van der Waals surface area contributed by atoms with Crippen molar-refractivity contribution in [3.8, 4) is 0 Å². The molecule has 1 fully saturated rings. The van der Waals surface area contributed by atoms with Crippen LogP contribution in [0.5, 0.6) is 0 Å². The van der Waals surface area contributed by atoms with Crippen LogP contribution in [0.1, 0.15) is 18.4 Å². The fraction of sp³-hybridized carbons (Fsp3) is 0.278. The normalized spacial score (nSPS) is 25.3. The smallest absolute Gasteiger partial charge is 0.267 e. The van der Waals surface area contributed by atoms with E-state index in [1.807, 2.05) is 19.1 Å². The quantitative estimate of drug-likeness (QED) is 0.893. The summed E-state index contributed by atoms with van der Waals surface area (Å²) < 4.78 is 42.0. The van der Waals surface area contributed by atoms with Gasteiger partial charge in [-0.3, -0.25) is 9.10 Å². The molecule has 2 aromatic rings. The molecular formula is C18H17FN2O3S. The maximum atomic E-state index is 14.2. The summed E-state index contributed by atoms with van der Waals surface area (Å²) in [7, 11) is -4.14. The van der Waals surface area contributed by atoms with Crippen molar-refractivity contribution in [1.82, 2.24) is 5.32 Å². The number of hydrogen-bond acceptors (Lipinski definition) is 3. The number of para-hydroxylation sites is 1. The van der Waals surface area contributed by atoms with Gasteiger partial charge in [0.15, 0.2) is 0 Å². The molecule has 1 N–H and O–H groups in total. The van der Waals surface area contributed by atoms with Crippen molar-refractivity contribution in [1.29, 1.82) is 0 Å². The minimum absolute atomic E-state index is 0.115. The van der Waals surface area contributed by atoms with Crippen LogP contribution in [0.15, 0.2) is 53.4 Å². The second kappa shape index (κ2) is 5.56. The zero-order chi connectivity index (χ0) is 17.8. The Morgan fingerprint density at radius 1 is 1.12 bits per heavy atom. The molecule has 5 nitrogen and oxygen atoms in total. The number of anilines is 1. The Bertz CT molecular complexity index is 960.